The van der Waals surface area contributed by atoms with Gasteiger partial charge in [0.2, 0.25) is 5.91 Å². The van der Waals surface area contributed by atoms with Gasteiger partial charge in [-0.15, -0.1) is 0 Å². The highest BCUT2D eigenvalue weighted by Gasteiger charge is 2.08. The smallest absolute Gasteiger partial charge is 0.234 e. The van der Waals surface area contributed by atoms with Crippen molar-refractivity contribution >= 4 is 45.0 Å². The molecule has 3 N–H and O–H groups in total. The second-order valence-corrected chi connectivity index (χ2v) is 6.31. The van der Waals surface area contributed by atoms with Crippen LogP contribution in [0.15, 0.2) is 33.9 Å². The lowest BCUT2D eigenvalue weighted by Crippen LogP contribution is -2.14. The Hall–Kier alpha value is -1.60. The molecular weight excluding hydrogens is 352 g/mol. The number of carbonyl (C=O) groups is 1. The van der Waals surface area contributed by atoms with Crippen molar-refractivity contribution in [2.24, 2.45) is 0 Å². The fourth-order valence-corrected chi connectivity index (χ4v) is 2.95. The third-order valence-electron chi connectivity index (χ3n) is 2.56. The molecule has 0 unspecified atom stereocenters. The molecule has 110 valence electrons. The van der Waals surface area contributed by atoms with E-state index < -0.39 is 0 Å². The summed E-state index contributed by atoms with van der Waals surface area (Å²) < 4.78 is 0.753. The average molecular weight is 367 g/mol. The third kappa shape index (κ3) is 4.71. The molecule has 2 aromatic rings. The van der Waals surface area contributed by atoms with E-state index in [1.165, 1.54) is 11.8 Å². The largest absolute Gasteiger partial charge is 0.399 e. The second kappa shape index (κ2) is 6.91. The SMILES string of the molecule is Cc1cc(C)nc(SCC(=O)Nc2ccc(N)cc2Br)n1. The second-order valence-electron chi connectivity index (χ2n) is 4.51. The number of benzene rings is 1. The lowest BCUT2D eigenvalue weighted by molar-refractivity contribution is -0.113. The number of rotatable bonds is 4. The van der Waals surface area contributed by atoms with Gasteiger partial charge in [0, 0.05) is 21.5 Å². The predicted molar refractivity (Wildman–Crippen MR) is 89.4 cm³/mol. The fourth-order valence-electron chi connectivity index (χ4n) is 1.71. The van der Waals surface area contributed by atoms with Gasteiger partial charge in [-0.3, -0.25) is 4.79 Å². The summed E-state index contributed by atoms with van der Waals surface area (Å²) >= 11 is 4.68. The van der Waals surface area contributed by atoms with Crippen LogP contribution in [0.2, 0.25) is 0 Å². The zero-order valence-corrected chi connectivity index (χ0v) is 14.1. The molecule has 0 saturated carbocycles. The number of carbonyl (C=O) groups excluding carboxylic acids is 1. The van der Waals surface area contributed by atoms with Gasteiger partial charge in [-0.25, -0.2) is 9.97 Å². The van der Waals surface area contributed by atoms with E-state index in [0.717, 1.165) is 15.9 Å². The molecule has 0 atom stereocenters. The first-order chi connectivity index (χ1) is 9.94. The standard InChI is InChI=1S/C14H15BrN4OS/c1-8-5-9(2)18-14(17-8)21-7-13(20)19-12-4-3-10(16)6-11(12)15/h3-6H,7,16H2,1-2H3,(H,19,20). The number of hydrogen-bond donors (Lipinski definition) is 2. The van der Waals surface area contributed by atoms with Gasteiger partial charge in [-0.1, -0.05) is 11.8 Å². The van der Waals surface area contributed by atoms with Gasteiger partial charge in [-0.05, 0) is 54.0 Å². The molecule has 5 nitrogen and oxygen atoms in total. The molecule has 7 heteroatoms. The van der Waals surface area contributed by atoms with Crippen LogP contribution in [0.3, 0.4) is 0 Å². The molecular formula is C14H15BrN4OS. The summed E-state index contributed by atoms with van der Waals surface area (Å²) in [6.07, 6.45) is 0. The molecule has 0 spiro atoms. The highest BCUT2D eigenvalue weighted by Crippen LogP contribution is 2.25. The van der Waals surface area contributed by atoms with E-state index in [4.69, 9.17) is 5.73 Å². The van der Waals surface area contributed by atoms with Crippen LogP contribution < -0.4 is 11.1 Å². The summed E-state index contributed by atoms with van der Waals surface area (Å²) in [6, 6.07) is 7.14. The van der Waals surface area contributed by atoms with Crippen molar-refractivity contribution in [3.63, 3.8) is 0 Å². The fraction of sp³-hybridized carbons (Fsp3) is 0.214. The quantitative estimate of drug-likeness (QED) is 0.493. The molecule has 0 saturated heterocycles. The zero-order valence-electron chi connectivity index (χ0n) is 11.7. The van der Waals surface area contributed by atoms with Gasteiger partial charge in [-0.2, -0.15) is 0 Å². The number of nitrogens with two attached hydrogens (primary N) is 1. The Bertz CT molecular complexity index is 658. The Morgan fingerprint density at radius 2 is 1.95 bits per heavy atom. The maximum atomic E-state index is 12.0. The molecule has 0 aliphatic heterocycles. The zero-order chi connectivity index (χ0) is 15.4. The Kier molecular flexibility index (Phi) is 5.19. The number of amides is 1. The summed E-state index contributed by atoms with van der Waals surface area (Å²) in [4.78, 5) is 20.5. The number of anilines is 2. The number of hydrogen-bond acceptors (Lipinski definition) is 5. The highest BCUT2D eigenvalue weighted by molar-refractivity contribution is 9.10. The molecule has 1 aromatic heterocycles. The molecule has 1 heterocycles. The van der Waals surface area contributed by atoms with Crippen LogP contribution in [0.25, 0.3) is 0 Å². The summed E-state index contributed by atoms with van der Waals surface area (Å²) in [5.41, 5.74) is 8.78. The predicted octanol–water partition coefficient (Wildman–Crippen LogP) is 3.17. The summed E-state index contributed by atoms with van der Waals surface area (Å²) in [7, 11) is 0. The monoisotopic (exact) mass is 366 g/mol. The van der Waals surface area contributed by atoms with Gasteiger partial charge in [0.15, 0.2) is 5.16 Å². The molecule has 1 amide bonds. The van der Waals surface area contributed by atoms with Crippen LogP contribution in [0.4, 0.5) is 11.4 Å². The van der Waals surface area contributed by atoms with Gasteiger partial charge in [0.05, 0.1) is 11.4 Å². The Labute approximate surface area is 135 Å². The van der Waals surface area contributed by atoms with Crippen LogP contribution >= 0.6 is 27.7 Å². The van der Waals surface area contributed by atoms with Crippen LogP contribution in [-0.4, -0.2) is 21.6 Å². The van der Waals surface area contributed by atoms with Crippen LogP contribution in [0, 0.1) is 13.8 Å². The molecule has 0 radical (unpaired) electrons. The first kappa shape index (κ1) is 15.8. The van der Waals surface area contributed by atoms with Crippen molar-refractivity contribution in [2.75, 3.05) is 16.8 Å². The van der Waals surface area contributed by atoms with Crippen molar-refractivity contribution in [1.29, 1.82) is 0 Å². The summed E-state index contributed by atoms with van der Waals surface area (Å²) in [6.45, 7) is 3.81. The lowest BCUT2D eigenvalue weighted by Gasteiger charge is -2.08. The van der Waals surface area contributed by atoms with Crippen molar-refractivity contribution in [3.05, 3.63) is 40.1 Å². The first-order valence-corrected chi connectivity index (χ1v) is 8.02. The third-order valence-corrected chi connectivity index (χ3v) is 4.06. The normalized spacial score (nSPS) is 10.4. The van der Waals surface area contributed by atoms with Crippen LogP contribution in [-0.2, 0) is 4.79 Å². The first-order valence-electron chi connectivity index (χ1n) is 6.24. The van der Waals surface area contributed by atoms with E-state index in [9.17, 15) is 4.79 Å². The van der Waals surface area contributed by atoms with Gasteiger partial charge < -0.3 is 11.1 Å². The lowest BCUT2D eigenvalue weighted by atomic mass is 10.3. The topological polar surface area (TPSA) is 80.9 Å². The van der Waals surface area contributed by atoms with E-state index in [1.54, 1.807) is 18.2 Å². The van der Waals surface area contributed by atoms with E-state index >= 15 is 0 Å². The number of halogens is 1. The number of nitrogen functional groups attached to an aromatic ring is 1. The molecule has 21 heavy (non-hydrogen) atoms. The van der Waals surface area contributed by atoms with E-state index in [0.29, 0.717) is 16.5 Å². The number of nitrogens with zero attached hydrogens (tertiary/aromatic N) is 2. The minimum atomic E-state index is -0.117. The number of aromatic nitrogens is 2. The molecule has 0 aliphatic rings. The van der Waals surface area contributed by atoms with Gasteiger partial charge >= 0.3 is 0 Å². The minimum absolute atomic E-state index is 0.117. The van der Waals surface area contributed by atoms with Crippen LogP contribution in [0.5, 0.6) is 0 Å². The van der Waals surface area contributed by atoms with Crippen molar-refractivity contribution in [1.82, 2.24) is 9.97 Å². The van der Waals surface area contributed by atoms with Crippen molar-refractivity contribution < 1.29 is 4.79 Å². The molecule has 2 rings (SSSR count). The number of thioether (sulfide) groups is 1. The minimum Gasteiger partial charge on any atom is -0.399 e. The highest BCUT2D eigenvalue weighted by atomic mass is 79.9. The maximum absolute atomic E-state index is 12.0. The molecule has 1 aromatic carbocycles. The van der Waals surface area contributed by atoms with Crippen LogP contribution in [0.1, 0.15) is 11.4 Å². The van der Waals surface area contributed by atoms with Crippen molar-refractivity contribution in [3.8, 4) is 0 Å². The van der Waals surface area contributed by atoms with Gasteiger partial charge in [0.1, 0.15) is 0 Å². The van der Waals surface area contributed by atoms with Crippen molar-refractivity contribution in [2.45, 2.75) is 19.0 Å². The Morgan fingerprint density at radius 3 is 2.57 bits per heavy atom. The van der Waals surface area contributed by atoms with E-state index in [-0.39, 0.29) is 11.7 Å². The Morgan fingerprint density at radius 1 is 1.29 bits per heavy atom. The van der Waals surface area contributed by atoms with E-state index in [1.807, 2.05) is 19.9 Å². The maximum Gasteiger partial charge on any atom is 0.234 e. The van der Waals surface area contributed by atoms with Gasteiger partial charge in [0.25, 0.3) is 0 Å². The summed E-state index contributed by atoms with van der Waals surface area (Å²) in [5.74, 6) is 0.132. The Balaban J connectivity index is 1.95. The van der Waals surface area contributed by atoms with E-state index in [2.05, 4.69) is 31.2 Å². The summed E-state index contributed by atoms with van der Waals surface area (Å²) in [5, 5.41) is 3.43. The average Bonchev–Trinajstić information content (AvgIpc) is 2.39. The molecule has 0 fully saturated rings. The molecule has 0 bridgehead atoms. The molecule has 0 aliphatic carbocycles. The number of aryl methyl sites for hydroxylation is 2. The number of nitrogens with one attached hydrogen (secondary N) is 1.